The Morgan fingerprint density at radius 1 is 1.10 bits per heavy atom. The smallest absolute Gasteiger partial charge is 0.123 e. The zero-order valence-electron chi connectivity index (χ0n) is 11.2. The van der Waals surface area contributed by atoms with Crippen molar-refractivity contribution < 1.29 is 4.39 Å². The molecule has 3 heteroatoms. The third-order valence-corrected chi connectivity index (χ3v) is 4.57. The molecular formula is C17H17BrFN. The molecule has 1 N–H and O–H groups in total. The number of halogens is 2. The number of hydrogen-bond donors (Lipinski definition) is 1. The quantitative estimate of drug-likeness (QED) is 0.826. The van der Waals surface area contributed by atoms with Gasteiger partial charge in [-0.1, -0.05) is 46.3 Å². The highest BCUT2D eigenvalue weighted by Gasteiger charge is 2.31. The summed E-state index contributed by atoms with van der Waals surface area (Å²) in [6.07, 6.45) is 2.51. The second kappa shape index (κ2) is 6.06. The molecule has 3 rings (SSSR count). The number of hydrogen-bond acceptors (Lipinski definition) is 1. The van der Waals surface area contributed by atoms with Gasteiger partial charge in [-0.05, 0) is 48.1 Å². The van der Waals surface area contributed by atoms with Crippen LogP contribution in [0.15, 0.2) is 53.0 Å². The molecule has 1 fully saturated rings. The van der Waals surface area contributed by atoms with Gasteiger partial charge in [-0.2, -0.15) is 0 Å². The first-order valence-corrected chi connectivity index (χ1v) is 7.75. The van der Waals surface area contributed by atoms with Gasteiger partial charge < -0.3 is 5.32 Å². The molecule has 0 radical (unpaired) electrons. The van der Waals surface area contributed by atoms with Crippen LogP contribution in [0.5, 0.6) is 0 Å². The fourth-order valence-corrected chi connectivity index (χ4v) is 2.94. The van der Waals surface area contributed by atoms with Crippen molar-refractivity contribution in [2.45, 2.75) is 25.4 Å². The van der Waals surface area contributed by atoms with Gasteiger partial charge in [0.05, 0.1) is 0 Å². The van der Waals surface area contributed by atoms with E-state index in [2.05, 4.69) is 33.4 Å². The van der Waals surface area contributed by atoms with E-state index in [9.17, 15) is 4.39 Å². The van der Waals surface area contributed by atoms with Gasteiger partial charge in [-0.15, -0.1) is 0 Å². The Labute approximate surface area is 127 Å². The summed E-state index contributed by atoms with van der Waals surface area (Å²) in [5.41, 5.74) is 2.43. The average molecular weight is 334 g/mol. The zero-order valence-corrected chi connectivity index (χ0v) is 12.7. The van der Waals surface area contributed by atoms with Crippen LogP contribution in [0.1, 0.15) is 30.0 Å². The molecule has 1 nitrogen and oxygen atoms in total. The molecule has 20 heavy (non-hydrogen) atoms. The fourth-order valence-electron chi connectivity index (χ4n) is 2.52. The number of benzene rings is 2. The molecule has 0 aliphatic heterocycles. The van der Waals surface area contributed by atoms with Crippen LogP contribution in [0.4, 0.5) is 4.39 Å². The monoisotopic (exact) mass is 333 g/mol. The van der Waals surface area contributed by atoms with Crippen LogP contribution in [0, 0.1) is 11.7 Å². The summed E-state index contributed by atoms with van der Waals surface area (Å²) in [6.45, 7) is 0.819. The predicted molar refractivity (Wildman–Crippen MR) is 82.8 cm³/mol. The van der Waals surface area contributed by atoms with Gasteiger partial charge >= 0.3 is 0 Å². The Morgan fingerprint density at radius 3 is 2.45 bits per heavy atom. The van der Waals surface area contributed by atoms with Crippen molar-refractivity contribution in [2.24, 2.45) is 5.92 Å². The van der Waals surface area contributed by atoms with Crippen molar-refractivity contribution >= 4 is 15.9 Å². The molecule has 0 amide bonds. The van der Waals surface area contributed by atoms with Gasteiger partial charge in [0.2, 0.25) is 0 Å². The molecule has 0 saturated heterocycles. The van der Waals surface area contributed by atoms with Crippen LogP contribution < -0.4 is 5.32 Å². The van der Waals surface area contributed by atoms with Crippen molar-refractivity contribution in [1.29, 1.82) is 0 Å². The van der Waals surface area contributed by atoms with Crippen molar-refractivity contribution in [3.8, 4) is 0 Å². The number of rotatable bonds is 5. The van der Waals surface area contributed by atoms with Crippen LogP contribution in [-0.4, -0.2) is 0 Å². The van der Waals surface area contributed by atoms with E-state index in [4.69, 9.17) is 0 Å². The lowest BCUT2D eigenvalue weighted by Gasteiger charge is -2.19. The maximum Gasteiger partial charge on any atom is 0.123 e. The summed E-state index contributed by atoms with van der Waals surface area (Å²) in [7, 11) is 0. The summed E-state index contributed by atoms with van der Waals surface area (Å²) in [6, 6.07) is 15.4. The minimum atomic E-state index is -0.172. The summed E-state index contributed by atoms with van der Waals surface area (Å²) in [4.78, 5) is 0. The second-order valence-electron chi connectivity index (χ2n) is 5.34. The van der Waals surface area contributed by atoms with Gasteiger partial charge in [-0.3, -0.25) is 0 Å². The van der Waals surface area contributed by atoms with E-state index in [1.54, 1.807) is 12.1 Å². The first-order chi connectivity index (χ1) is 9.74. The Balaban J connectivity index is 1.72. The summed E-state index contributed by atoms with van der Waals surface area (Å²) in [5.74, 6) is 0.511. The van der Waals surface area contributed by atoms with Crippen molar-refractivity contribution in [2.75, 3.05) is 0 Å². The topological polar surface area (TPSA) is 12.0 Å². The van der Waals surface area contributed by atoms with Gasteiger partial charge in [0.15, 0.2) is 0 Å². The maximum absolute atomic E-state index is 13.0. The highest BCUT2D eigenvalue weighted by atomic mass is 79.9. The lowest BCUT2D eigenvalue weighted by atomic mass is 10.0. The van der Waals surface area contributed by atoms with Crippen LogP contribution in [0.3, 0.4) is 0 Å². The minimum Gasteiger partial charge on any atom is -0.306 e. The summed E-state index contributed by atoms with van der Waals surface area (Å²) >= 11 is 3.58. The van der Waals surface area contributed by atoms with Crippen molar-refractivity contribution in [3.05, 3.63) is 69.9 Å². The van der Waals surface area contributed by atoms with Crippen LogP contribution >= 0.6 is 15.9 Å². The lowest BCUT2D eigenvalue weighted by Crippen LogP contribution is -2.22. The molecule has 0 aromatic heterocycles. The largest absolute Gasteiger partial charge is 0.306 e. The highest BCUT2D eigenvalue weighted by Crippen LogP contribution is 2.41. The zero-order chi connectivity index (χ0) is 13.9. The predicted octanol–water partition coefficient (Wildman–Crippen LogP) is 4.83. The molecular weight excluding hydrogens is 317 g/mol. The third-order valence-electron chi connectivity index (χ3n) is 3.79. The summed E-state index contributed by atoms with van der Waals surface area (Å²) < 4.78 is 14.2. The molecule has 1 aliphatic carbocycles. The highest BCUT2D eigenvalue weighted by molar-refractivity contribution is 9.10. The molecule has 1 unspecified atom stereocenters. The minimum absolute atomic E-state index is 0.172. The molecule has 0 spiro atoms. The van der Waals surface area contributed by atoms with E-state index < -0.39 is 0 Å². The van der Waals surface area contributed by atoms with Gasteiger partial charge in [0.1, 0.15) is 5.82 Å². The number of nitrogens with one attached hydrogen (secondary N) is 1. The van der Waals surface area contributed by atoms with Crippen molar-refractivity contribution in [1.82, 2.24) is 5.32 Å². The first kappa shape index (κ1) is 13.8. The molecule has 2 aromatic rings. The molecule has 0 heterocycles. The Morgan fingerprint density at radius 2 is 1.80 bits per heavy atom. The molecule has 1 aliphatic rings. The van der Waals surface area contributed by atoms with Gasteiger partial charge in [0.25, 0.3) is 0 Å². The lowest BCUT2D eigenvalue weighted by molar-refractivity contribution is 0.479. The fraction of sp³-hybridized carbons (Fsp3) is 0.294. The van der Waals surface area contributed by atoms with Gasteiger partial charge in [-0.25, -0.2) is 4.39 Å². The standard InChI is InChI=1S/C17H17BrFN/c18-16-4-2-1-3-14(16)11-20-17(12-5-6-12)13-7-9-15(19)10-8-13/h1-4,7-10,12,17,20H,5-6,11H2. The molecule has 1 atom stereocenters. The maximum atomic E-state index is 13.0. The molecule has 0 bridgehead atoms. The van der Waals surface area contributed by atoms with Crippen molar-refractivity contribution in [3.63, 3.8) is 0 Å². The van der Waals surface area contributed by atoms with E-state index in [1.165, 1.54) is 24.0 Å². The van der Waals surface area contributed by atoms with E-state index in [0.717, 1.165) is 11.0 Å². The third kappa shape index (κ3) is 3.28. The van der Waals surface area contributed by atoms with E-state index in [-0.39, 0.29) is 5.82 Å². The normalized spacial score (nSPS) is 16.1. The van der Waals surface area contributed by atoms with Crippen LogP contribution in [0.25, 0.3) is 0 Å². The molecule has 104 valence electrons. The average Bonchev–Trinajstić information content (AvgIpc) is 3.27. The Kier molecular flexibility index (Phi) is 4.18. The second-order valence-corrected chi connectivity index (χ2v) is 6.19. The van der Waals surface area contributed by atoms with E-state index >= 15 is 0 Å². The van der Waals surface area contributed by atoms with Crippen LogP contribution in [0.2, 0.25) is 0 Å². The molecule has 1 saturated carbocycles. The van der Waals surface area contributed by atoms with Gasteiger partial charge in [0, 0.05) is 17.1 Å². The van der Waals surface area contributed by atoms with Crippen LogP contribution in [-0.2, 0) is 6.54 Å². The Bertz CT molecular complexity index is 578. The van der Waals surface area contributed by atoms with E-state index in [0.29, 0.717) is 12.0 Å². The SMILES string of the molecule is Fc1ccc(C(NCc2ccccc2Br)C2CC2)cc1. The Hall–Kier alpha value is -1.19. The molecule has 2 aromatic carbocycles. The first-order valence-electron chi connectivity index (χ1n) is 6.96. The van der Waals surface area contributed by atoms with E-state index in [1.807, 2.05) is 24.3 Å². The summed E-state index contributed by atoms with van der Waals surface area (Å²) in [5, 5.41) is 3.62.